The second-order valence-corrected chi connectivity index (χ2v) is 5.76. The Morgan fingerprint density at radius 3 is 2.81 bits per heavy atom. The summed E-state index contributed by atoms with van der Waals surface area (Å²) in [5.41, 5.74) is 2.66. The van der Waals surface area contributed by atoms with Gasteiger partial charge in [0.2, 0.25) is 0 Å². The number of aromatic nitrogens is 7. The molecule has 8 heteroatoms. The van der Waals surface area contributed by atoms with Crippen LogP contribution >= 0.6 is 0 Å². The normalized spacial score (nSPS) is 11.2. The molecule has 1 aromatic carbocycles. The van der Waals surface area contributed by atoms with Crippen LogP contribution in [-0.4, -0.2) is 34.7 Å². The molecule has 4 heterocycles. The summed E-state index contributed by atoms with van der Waals surface area (Å²) in [7, 11) is 0. The van der Waals surface area contributed by atoms with Gasteiger partial charge in [-0.05, 0) is 24.3 Å². The smallest absolute Gasteiger partial charge is 0.170 e. The quantitative estimate of drug-likeness (QED) is 0.521. The first kappa shape index (κ1) is 14.5. The third kappa shape index (κ3) is 2.44. The average Bonchev–Trinajstić information content (AvgIpc) is 3.31. The second kappa shape index (κ2) is 5.92. The van der Waals surface area contributed by atoms with Gasteiger partial charge in [0.05, 0.1) is 29.2 Å². The highest BCUT2D eigenvalue weighted by Crippen LogP contribution is 2.21. The van der Waals surface area contributed by atoms with Gasteiger partial charge in [-0.2, -0.15) is 9.78 Å². The molecule has 5 aromatic rings. The van der Waals surface area contributed by atoms with E-state index in [0.717, 1.165) is 22.2 Å². The monoisotopic (exact) mass is 342 g/mol. The van der Waals surface area contributed by atoms with Crippen LogP contribution in [0, 0.1) is 0 Å². The Morgan fingerprint density at radius 2 is 1.92 bits per heavy atom. The van der Waals surface area contributed by atoms with E-state index < -0.39 is 0 Å². The van der Waals surface area contributed by atoms with E-state index in [9.17, 15) is 0 Å². The van der Waals surface area contributed by atoms with E-state index in [2.05, 4.69) is 35.3 Å². The maximum Gasteiger partial charge on any atom is 0.170 e. The zero-order valence-corrected chi connectivity index (χ0v) is 13.7. The Labute approximate surface area is 148 Å². The average molecular weight is 342 g/mol. The maximum atomic E-state index is 4.57. The number of nitrogens with zero attached hydrogens (tertiary/aromatic N) is 6. The molecule has 0 saturated carbocycles. The minimum atomic E-state index is 0.523. The molecule has 0 atom stereocenters. The van der Waals surface area contributed by atoms with Crippen LogP contribution in [0.1, 0.15) is 5.82 Å². The number of imidazole rings is 1. The van der Waals surface area contributed by atoms with Crippen LogP contribution in [0.4, 0.5) is 5.82 Å². The van der Waals surface area contributed by atoms with E-state index in [0.29, 0.717) is 23.8 Å². The summed E-state index contributed by atoms with van der Waals surface area (Å²) in [5.74, 6) is 2.26. The van der Waals surface area contributed by atoms with Gasteiger partial charge in [-0.1, -0.05) is 18.2 Å². The zero-order chi connectivity index (χ0) is 17.3. The van der Waals surface area contributed by atoms with Crippen molar-refractivity contribution in [2.24, 2.45) is 0 Å². The predicted molar refractivity (Wildman–Crippen MR) is 97.9 cm³/mol. The van der Waals surface area contributed by atoms with Gasteiger partial charge in [-0.3, -0.25) is 0 Å². The van der Waals surface area contributed by atoms with Gasteiger partial charge in [0.25, 0.3) is 0 Å². The summed E-state index contributed by atoms with van der Waals surface area (Å²) in [6, 6.07) is 13.6. The van der Waals surface area contributed by atoms with Crippen molar-refractivity contribution in [2.75, 3.05) is 5.32 Å². The molecule has 126 valence electrons. The molecule has 5 rings (SSSR count). The molecule has 0 amide bonds. The molecule has 0 saturated heterocycles. The number of hydrogen-bond donors (Lipinski definition) is 2. The Balaban J connectivity index is 1.46. The summed E-state index contributed by atoms with van der Waals surface area (Å²) in [6.45, 7) is 0.523. The fourth-order valence-corrected chi connectivity index (χ4v) is 2.89. The number of anilines is 1. The van der Waals surface area contributed by atoms with Crippen LogP contribution < -0.4 is 5.32 Å². The summed E-state index contributed by atoms with van der Waals surface area (Å²) >= 11 is 0. The van der Waals surface area contributed by atoms with Crippen LogP contribution in [0.3, 0.4) is 0 Å². The molecule has 0 aliphatic rings. The highest BCUT2D eigenvalue weighted by atomic mass is 15.3. The lowest BCUT2D eigenvalue weighted by Crippen LogP contribution is -2.04. The predicted octanol–water partition coefficient (Wildman–Crippen LogP) is 2.70. The number of hydrogen-bond acceptors (Lipinski definition) is 6. The van der Waals surface area contributed by atoms with Crippen molar-refractivity contribution < 1.29 is 0 Å². The van der Waals surface area contributed by atoms with Gasteiger partial charge in [0.15, 0.2) is 11.5 Å². The molecule has 4 aromatic heterocycles. The number of aromatic amines is 1. The molecule has 0 unspecified atom stereocenters. The molecular weight excluding hydrogens is 328 g/mol. The van der Waals surface area contributed by atoms with Crippen molar-refractivity contribution in [1.82, 2.24) is 34.7 Å². The molecule has 0 radical (unpaired) electrons. The van der Waals surface area contributed by atoms with Crippen molar-refractivity contribution in [1.29, 1.82) is 0 Å². The molecule has 26 heavy (non-hydrogen) atoms. The van der Waals surface area contributed by atoms with Gasteiger partial charge >= 0.3 is 0 Å². The minimum absolute atomic E-state index is 0.523. The van der Waals surface area contributed by atoms with Crippen LogP contribution in [-0.2, 0) is 6.54 Å². The summed E-state index contributed by atoms with van der Waals surface area (Å²) in [6.07, 6.45) is 4.99. The topological polar surface area (TPSA) is 97.2 Å². The lowest BCUT2D eigenvalue weighted by atomic mass is 10.3. The van der Waals surface area contributed by atoms with E-state index in [1.54, 1.807) is 17.1 Å². The largest absolute Gasteiger partial charge is 0.362 e. The van der Waals surface area contributed by atoms with Gasteiger partial charge in [-0.25, -0.2) is 19.9 Å². The molecule has 0 fully saturated rings. The van der Waals surface area contributed by atoms with E-state index in [4.69, 9.17) is 0 Å². The lowest BCUT2D eigenvalue weighted by molar-refractivity contribution is 0.861. The first-order valence-electron chi connectivity index (χ1n) is 8.16. The summed E-state index contributed by atoms with van der Waals surface area (Å²) in [5, 5.41) is 8.54. The Bertz CT molecular complexity index is 1160. The SMILES string of the molecule is c1ccc(-n2ncc3c(NCc4nc5ccccc5[nH]4)ncnc32)nc1. The maximum absolute atomic E-state index is 4.57. The first-order chi connectivity index (χ1) is 12.9. The molecule has 0 aliphatic carbocycles. The molecule has 0 bridgehead atoms. The number of benzene rings is 1. The Morgan fingerprint density at radius 1 is 1.00 bits per heavy atom. The van der Waals surface area contributed by atoms with Gasteiger partial charge in [0.1, 0.15) is 18.0 Å². The Kier molecular flexibility index (Phi) is 3.31. The third-order valence-corrected chi connectivity index (χ3v) is 4.09. The van der Waals surface area contributed by atoms with E-state index >= 15 is 0 Å². The van der Waals surface area contributed by atoms with Crippen LogP contribution in [0.5, 0.6) is 0 Å². The van der Waals surface area contributed by atoms with E-state index in [1.807, 2.05) is 42.5 Å². The van der Waals surface area contributed by atoms with Gasteiger partial charge < -0.3 is 10.3 Å². The summed E-state index contributed by atoms with van der Waals surface area (Å²) in [4.78, 5) is 20.9. The number of H-pyrrole nitrogens is 1. The van der Waals surface area contributed by atoms with Gasteiger partial charge in [0, 0.05) is 6.20 Å². The molecule has 0 aliphatic heterocycles. The highest BCUT2D eigenvalue weighted by molar-refractivity contribution is 5.87. The fourth-order valence-electron chi connectivity index (χ4n) is 2.89. The zero-order valence-electron chi connectivity index (χ0n) is 13.7. The molecular formula is C18H14N8. The van der Waals surface area contributed by atoms with Crippen molar-refractivity contribution >= 4 is 27.9 Å². The Hall–Kier alpha value is -3.81. The fraction of sp³-hybridized carbons (Fsp3) is 0.0556. The van der Waals surface area contributed by atoms with Gasteiger partial charge in [-0.15, -0.1) is 0 Å². The lowest BCUT2D eigenvalue weighted by Gasteiger charge is -2.05. The molecule has 0 spiro atoms. The number of para-hydroxylation sites is 2. The number of fused-ring (bicyclic) bond motifs is 2. The standard InChI is InChI=1S/C18H14N8/c1-2-6-14-13(5-1)24-15(25-14)10-20-17-12-9-23-26(18(12)22-11-21-17)16-7-3-4-8-19-16/h1-9,11H,10H2,(H,24,25)(H,20,21,22). The highest BCUT2D eigenvalue weighted by Gasteiger charge is 2.12. The van der Waals surface area contributed by atoms with Crippen molar-refractivity contribution in [3.63, 3.8) is 0 Å². The second-order valence-electron chi connectivity index (χ2n) is 5.76. The minimum Gasteiger partial charge on any atom is -0.362 e. The number of nitrogens with one attached hydrogen (secondary N) is 2. The van der Waals surface area contributed by atoms with E-state index in [1.165, 1.54) is 6.33 Å². The molecule has 2 N–H and O–H groups in total. The number of pyridine rings is 1. The van der Waals surface area contributed by atoms with Crippen LogP contribution in [0.2, 0.25) is 0 Å². The van der Waals surface area contributed by atoms with Crippen LogP contribution in [0.25, 0.3) is 27.9 Å². The summed E-state index contributed by atoms with van der Waals surface area (Å²) < 4.78 is 1.70. The molecule has 8 nitrogen and oxygen atoms in total. The van der Waals surface area contributed by atoms with Crippen molar-refractivity contribution in [2.45, 2.75) is 6.54 Å². The van der Waals surface area contributed by atoms with E-state index in [-0.39, 0.29) is 0 Å². The van der Waals surface area contributed by atoms with Crippen molar-refractivity contribution in [3.8, 4) is 5.82 Å². The first-order valence-corrected chi connectivity index (χ1v) is 8.16. The van der Waals surface area contributed by atoms with Crippen LogP contribution in [0.15, 0.2) is 61.2 Å². The number of rotatable bonds is 4. The van der Waals surface area contributed by atoms with Crippen molar-refractivity contribution in [3.05, 3.63) is 67.0 Å². The third-order valence-electron chi connectivity index (χ3n) is 4.09.